The Labute approximate surface area is 133 Å². The molecule has 21 heavy (non-hydrogen) atoms. The van der Waals surface area contributed by atoms with E-state index in [1.807, 2.05) is 18.2 Å². The summed E-state index contributed by atoms with van der Waals surface area (Å²) in [6, 6.07) is 13.0. The van der Waals surface area contributed by atoms with E-state index in [1.165, 1.54) is 12.1 Å². The Kier molecular flexibility index (Phi) is 5.37. The Balaban J connectivity index is 2.12. The zero-order valence-corrected chi connectivity index (χ0v) is 13.9. The number of halogens is 2. The zero-order chi connectivity index (χ0) is 15.4. The summed E-state index contributed by atoms with van der Waals surface area (Å²) in [5, 5.41) is 3.52. The van der Waals surface area contributed by atoms with E-state index in [4.69, 9.17) is 4.74 Å². The average Bonchev–Trinajstić information content (AvgIpc) is 2.47. The van der Waals surface area contributed by atoms with Crippen molar-refractivity contribution >= 4 is 15.9 Å². The average molecular weight is 352 g/mol. The Morgan fingerprint density at radius 2 is 1.86 bits per heavy atom. The number of benzene rings is 2. The predicted octanol–water partition coefficient (Wildman–Crippen LogP) is 5.01. The van der Waals surface area contributed by atoms with E-state index in [9.17, 15) is 4.39 Å². The molecule has 0 heterocycles. The highest BCUT2D eigenvalue weighted by atomic mass is 79.9. The minimum absolute atomic E-state index is 0.0983. The highest BCUT2D eigenvalue weighted by Gasteiger charge is 2.14. The molecule has 0 amide bonds. The van der Waals surface area contributed by atoms with Crippen LogP contribution < -0.4 is 10.1 Å². The highest BCUT2D eigenvalue weighted by Crippen LogP contribution is 2.27. The third-order valence-electron chi connectivity index (χ3n) is 3.52. The van der Waals surface area contributed by atoms with Gasteiger partial charge in [-0.1, -0.05) is 34.1 Å². The molecule has 4 heteroatoms. The van der Waals surface area contributed by atoms with Gasteiger partial charge >= 0.3 is 0 Å². The first-order chi connectivity index (χ1) is 10.0. The van der Waals surface area contributed by atoms with Crippen molar-refractivity contribution in [2.75, 3.05) is 7.11 Å². The van der Waals surface area contributed by atoms with E-state index in [0.717, 1.165) is 21.3 Å². The van der Waals surface area contributed by atoms with Crippen LogP contribution in [0.2, 0.25) is 0 Å². The van der Waals surface area contributed by atoms with Crippen molar-refractivity contribution in [1.82, 2.24) is 5.32 Å². The number of ether oxygens (including phenoxy) is 1. The fourth-order valence-electron chi connectivity index (χ4n) is 2.32. The lowest BCUT2D eigenvalue weighted by Crippen LogP contribution is -2.22. The van der Waals surface area contributed by atoms with E-state index in [2.05, 4.69) is 41.2 Å². The fourth-order valence-corrected chi connectivity index (χ4v) is 3.02. The molecular formula is C17H19BrFNO. The first-order valence-electron chi connectivity index (χ1n) is 6.86. The maximum atomic E-state index is 13.2. The van der Waals surface area contributed by atoms with Gasteiger partial charge in [-0.2, -0.15) is 0 Å². The molecule has 0 bridgehead atoms. The summed E-state index contributed by atoms with van der Waals surface area (Å²) in [5.74, 6) is 0.607. The van der Waals surface area contributed by atoms with Crippen LogP contribution in [0.5, 0.6) is 5.75 Å². The molecule has 0 spiro atoms. The summed E-state index contributed by atoms with van der Waals surface area (Å²) in [6.45, 7) is 4.16. The van der Waals surface area contributed by atoms with E-state index in [-0.39, 0.29) is 17.9 Å². The van der Waals surface area contributed by atoms with Crippen molar-refractivity contribution in [2.45, 2.75) is 25.9 Å². The van der Waals surface area contributed by atoms with E-state index in [0.29, 0.717) is 0 Å². The number of nitrogens with one attached hydrogen (secondary N) is 1. The Morgan fingerprint density at radius 1 is 1.10 bits per heavy atom. The highest BCUT2D eigenvalue weighted by molar-refractivity contribution is 9.10. The van der Waals surface area contributed by atoms with Gasteiger partial charge in [0.15, 0.2) is 0 Å². The van der Waals surface area contributed by atoms with Gasteiger partial charge in [0.2, 0.25) is 0 Å². The summed E-state index contributed by atoms with van der Waals surface area (Å²) in [6.07, 6.45) is 0. The third-order valence-corrected chi connectivity index (χ3v) is 4.21. The molecule has 0 aliphatic carbocycles. The fraction of sp³-hybridized carbons (Fsp3) is 0.294. The first-order valence-corrected chi connectivity index (χ1v) is 7.65. The van der Waals surface area contributed by atoms with Crippen LogP contribution in [0.25, 0.3) is 0 Å². The number of hydrogen-bond donors (Lipinski definition) is 1. The molecule has 2 atom stereocenters. The van der Waals surface area contributed by atoms with Crippen molar-refractivity contribution in [3.05, 3.63) is 63.9 Å². The zero-order valence-electron chi connectivity index (χ0n) is 12.4. The van der Waals surface area contributed by atoms with Crippen molar-refractivity contribution in [2.24, 2.45) is 0 Å². The summed E-state index contributed by atoms with van der Waals surface area (Å²) in [7, 11) is 1.66. The molecule has 0 saturated heterocycles. The van der Waals surface area contributed by atoms with Gasteiger partial charge in [0.1, 0.15) is 11.6 Å². The van der Waals surface area contributed by atoms with Gasteiger partial charge in [-0.3, -0.25) is 0 Å². The van der Waals surface area contributed by atoms with Crippen LogP contribution >= 0.6 is 15.9 Å². The molecule has 2 aromatic rings. The van der Waals surface area contributed by atoms with Gasteiger partial charge in [0.05, 0.1) is 7.11 Å². The summed E-state index contributed by atoms with van der Waals surface area (Å²) >= 11 is 3.42. The second kappa shape index (κ2) is 7.05. The van der Waals surface area contributed by atoms with Gasteiger partial charge in [0, 0.05) is 16.6 Å². The minimum atomic E-state index is -0.237. The summed E-state index contributed by atoms with van der Waals surface area (Å²) < 4.78 is 19.2. The quantitative estimate of drug-likeness (QED) is 0.817. The van der Waals surface area contributed by atoms with Crippen molar-refractivity contribution in [3.63, 3.8) is 0 Å². The van der Waals surface area contributed by atoms with Crippen molar-refractivity contribution in [3.8, 4) is 5.75 Å². The number of hydrogen-bond acceptors (Lipinski definition) is 2. The molecule has 0 fully saturated rings. The SMILES string of the molecule is COc1cccc(C(C)NC(C)c2ccc(F)cc2Br)c1. The third kappa shape index (κ3) is 4.05. The second-order valence-corrected chi connectivity index (χ2v) is 5.91. The molecule has 1 N–H and O–H groups in total. The number of rotatable bonds is 5. The molecule has 0 saturated carbocycles. The Morgan fingerprint density at radius 3 is 2.52 bits per heavy atom. The lowest BCUT2D eigenvalue weighted by molar-refractivity contribution is 0.412. The van der Waals surface area contributed by atoms with Gasteiger partial charge < -0.3 is 10.1 Å². The van der Waals surface area contributed by atoms with Gasteiger partial charge in [-0.25, -0.2) is 4.39 Å². The lowest BCUT2D eigenvalue weighted by atomic mass is 10.0. The van der Waals surface area contributed by atoms with E-state index >= 15 is 0 Å². The molecule has 0 aliphatic heterocycles. The van der Waals surface area contributed by atoms with Crippen LogP contribution in [-0.4, -0.2) is 7.11 Å². The molecule has 2 rings (SSSR count). The topological polar surface area (TPSA) is 21.3 Å². The first kappa shape index (κ1) is 16.0. The maximum Gasteiger partial charge on any atom is 0.124 e. The lowest BCUT2D eigenvalue weighted by Gasteiger charge is -2.22. The normalized spacial score (nSPS) is 13.8. The molecule has 0 radical (unpaired) electrons. The largest absolute Gasteiger partial charge is 0.497 e. The standard InChI is InChI=1S/C17H19BrFNO/c1-11(13-5-4-6-15(9-13)21-3)20-12(2)16-8-7-14(19)10-17(16)18/h4-12,20H,1-3H3. The molecule has 2 unspecified atom stereocenters. The Hall–Kier alpha value is -1.39. The van der Waals surface area contributed by atoms with Crippen LogP contribution in [0.4, 0.5) is 4.39 Å². The molecule has 0 aromatic heterocycles. The molecule has 112 valence electrons. The van der Waals surface area contributed by atoms with Crippen molar-refractivity contribution in [1.29, 1.82) is 0 Å². The van der Waals surface area contributed by atoms with Crippen LogP contribution in [0, 0.1) is 5.82 Å². The van der Waals surface area contributed by atoms with Gasteiger partial charge in [-0.05, 0) is 49.2 Å². The minimum Gasteiger partial charge on any atom is -0.497 e. The Bertz CT molecular complexity index is 617. The maximum absolute atomic E-state index is 13.2. The molecule has 2 aromatic carbocycles. The van der Waals surface area contributed by atoms with Crippen molar-refractivity contribution < 1.29 is 9.13 Å². The molecular weight excluding hydrogens is 333 g/mol. The summed E-state index contributed by atoms with van der Waals surface area (Å²) in [5.41, 5.74) is 2.19. The van der Waals surface area contributed by atoms with E-state index < -0.39 is 0 Å². The second-order valence-electron chi connectivity index (χ2n) is 5.05. The van der Waals surface area contributed by atoms with Gasteiger partial charge in [-0.15, -0.1) is 0 Å². The van der Waals surface area contributed by atoms with Crippen LogP contribution in [0.15, 0.2) is 46.9 Å². The van der Waals surface area contributed by atoms with Crippen LogP contribution in [0.1, 0.15) is 37.1 Å². The molecule has 0 aliphatic rings. The number of methoxy groups -OCH3 is 1. The predicted molar refractivity (Wildman–Crippen MR) is 87.1 cm³/mol. The van der Waals surface area contributed by atoms with Gasteiger partial charge in [0.25, 0.3) is 0 Å². The van der Waals surface area contributed by atoms with Crippen LogP contribution in [-0.2, 0) is 0 Å². The smallest absolute Gasteiger partial charge is 0.124 e. The van der Waals surface area contributed by atoms with Crippen LogP contribution in [0.3, 0.4) is 0 Å². The molecule has 2 nitrogen and oxygen atoms in total. The monoisotopic (exact) mass is 351 g/mol. The summed E-state index contributed by atoms with van der Waals surface area (Å²) in [4.78, 5) is 0. The van der Waals surface area contributed by atoms with E-state index in [1.54, 1.807) is 13.2 Å².